The van der Waals surface area contributed by atoms with E-state index in [1.165, 1.54) is 11.3 Å². The molecule has 2 aromatic heterocycles. The number of aryl methyl sites for hydroxylation is 1. The molecule has 0 amide bonds. The van der Waals surface area contributed by atoms with E-state index in [1.54, 1.807) is 25.4 Å². The highest BCUT2D eigenvalue weighted by Gasteiger charge is 2.19. The second-order valence-electron chi connectivity index (χ2n) is 3.52. The lowest BCUT2D eigenvalue weighted by atomic mass is 10.2. The van der Waals surface area contributed by atoms with Crippen molar-refractivity contribution < 1.29 is 9.53 Å². The summed E-state index contributed by atoms with van der Waals surface area (Å²) in [7, 11) is 0. The van der Waals surface area contributed by atoms with Gasteiger partial charge in [0.2, 0.25) is 0 Å². The first-order valence-electron chi connectivity index (χ1n) is 5.37. The minimum Gasteiger partial charge on any atom is -0.461 e. The summed E-state index contributed by atoms with van der Waals surface area (Å²) < 4.78 is 4.99. The van der Waals surface area contributed by atoms with E-state index >= 15 is 0 Å². The van der Waals surface area contributed by atoms with Crippen LogP contribution in [0.15, 0.2) is 18.5 Å². The van der Waals surface area contributed by atoms with Crippen LogP contribution < -0.4 is 0 Å². The Morgan fingerprint density at radius 2 is 2.28 bits per heavy atom. The van der Waals surface area contributed by atoms with Crippen molar-refractivity contribution in [2.24, 2.45) is 0 Å². The van der Waals surface area contributed by atoms with Crippen molar-refractivity contribution in [2.75, 3.05) is 6.61 Å². The molecule has 0 saturated heterocycles. The van der Waals surface area contributed by atoms with E-state index in [4.69, 9.17) is 16.3 Å². The molecule has 6 heteroatoms. The lowest BCUT2D eigenvalue weighted by molar-refractivity contribution is 0.0521. The summed E-state index contributed by atoms with van der Waals surface area (Å²) in [5.74, 6) is -0.420. The monoisotopic (exact) mass is 282 g/mol. The zero-order valence-corrected chi connectivity index (χ0v) is 11.5. The van der Waals surface area contributed by atoms with Crippen LogP contribution in [-0.2, 0) is 4.74 Å². The molecule has 2 aromatic rings. The molecule has 0 radical (unpaired) electrons. The fourth-order valence-corrected chi connectivity index (χ4v) is 2.56. The van der Waals surface area contributed by atoms with Crippen molar-refractivity contribution in [2.45, 2.75) is 13.8 Å². The first-order valence-corrected chi connectivity index (χ1v) is 6.56. The predicted octanol–water partition coefficient (Wildman–Crippen LogP) is 3.34. The fraction of sp³-hybridized carbons (Fsp3) is 0.250. The van der Waals surface area contributed by atoms with Gasteiger partial charge in [0.15, 0.2) is 5.69 Å². The Morgan fingerprint density at radius 3 is 2.94 bits per heavy atom. The summed E-state index contributed by atoms with van der Waals surface area (Å²) in [5, 5.41) is 1.32. The second-order valence-corrected chi connectivity index (χ2v) is 5.16. The van der Waals surface area contributed by atoms with Crippen LogP contribution in [0.5, 0.6) is 0 Å². The Morgan fingerprint density at radius 1 is 1.50 bits per heavy atom. The highest BCUT2D eigenvalue weighted by atomic mass is 35.5. The van der Waals surface area contributed by atoms with Gasteiger partial charge in [0.1, 0.15) is 0 Å². The molecule has 0 spiro atoms. The quantitative estimate of drug-likeness (QED) is 0.810. The number of halogens is 1. The molecule has 0 saturated carbocycles. The van der Waals surface area contributed by atoms with Gasteiger partial charge >= 0.3 is 5.97 Å². The van der Waals surface area contributed by atoms with Gasteiger partial charge in [-0.3, -0.25) is 4.98 Å². The topological polar surface area (TPSA) is 52.1 Å². The lowest BCUT2D eigenvalue weighted by Crippen LogP contribution is -2.06. The van der Waals surface area contributed by atoms with E-state index in [1.807, 2.05) is 6.92 Å². The number of esters is 1. The summed E-state index contributed by atoms with van der Waals surface area (Å²) in [5.41, 5.74) is 1.10. The maximum Gasteiger partial charge on any atom is 0.358 e. The standard InChI is InChI=1S/C12H11ClN2O2S/c1-3-17-12(16)10-11(18-7(2)15-10)8-4-9(13)6-14-5-8/h4-6H,3H2,1-2H3. The molecule has 0 N–H and O–H groups in total. The number of pyridine rings is 1. The molecule has 94 valence electrons. The maximum atomic E-state index is 11.8. The Kier molecular flexibility index (Phi) is 3.93. The first-order chi connectivity index (χ1) is 8.61. The molecule has 0 unspecified atom stereocenters. The van der Waals surface area contributed by atoms with Crippen LogP contribution in [0.25, 0.3) is 10.4 Å². The SMILES string of the molecule is CCOC(=O)c1nc(C)sc1-c1cncc(Cl)c1. The van der Waals surface area contributed by atoms with Crippen molar-refractivity contribution >= 4 is 28.9 Å². The number of hydrogen-bond acceptors (Lipinski definition) is 5. The lowest BCUT2D eigenvalue weighted by Gasteiger charge is -2.02. The summed E-state index contributed by atoms with van der Waals surface area (Å²) in [4.78, 5) is 20.8. The third kappa shape index (κ3) is 2.68. The van der Waals surface area contributed by atoms with Gasteiger partial charge in [-0.1, -0.05) is 11.6 Å². The number of ether oxygens (including phenoxy) is 1. The van der Waals surface area contributed by atoms with E-state index in [-0.39, 0.29) is 0 Å². The summed E-state index contributed by atoms with van der Waals surface area (Å²) >= 11 is 7.32. The largest absolute Gasteiger partial charge is 0.461 e. The molecule has 2 heterocycles. The molecule has 0 atom stereocenters. The Bertz CT molecular complexity index is 583. The fourth-order valence-electron chi connectivity index (χ4n) is 1.50. The van der Waals surface area contributed by atoms with Gasteiger partial charge in [-0.25, -0.2) is 9.78 Å². The summed E-state index contributed by atoms with van der Waals surface area (Å²) in [6, 6.07) is 1.75. The van der Waals surface area contributed by atoms with Gasteiger partial charge in [0.05, 0.1) is 21.5 Å². The molecule has 0 aliphatic rings. The van der Waals surface area contributed by atoms with Crippen LogP contribution >= 0.6 is 22.9 Å². The van der Waals surface area contributed by atoms with Crippen LogP contribution in [0.1, 0.15) is 22.4 Å². The molecule has 0 aliphatic carbocycles. The van der Waals surface area contributed by atoms with E-state index in [0.29, 0.717) is 17.3 Å². The minimum atomic E-state index is -0.420. The van der Waals surface area contributed by atoms with Gasteiger partial charge in [0.25, 0.3) is 0 Å². The minimum absolute atomic E-state index is 0.322. The summed E-state index contributed by atoms with van der Waals surface area (Å²) in [6.45, 7) is 3.93. The molecule has 0 bridgehead atoms. The highest BCUT2D eigenvalue weighted by Crippen LogP contribution is 2.31. The summed E-state index contributed by atoms with van der Waals surface area (Å²) in [6.07, 6.45) is 3.20. The van der Waals surface area contributed by atoms with Crippen molar-refractivity contribution in [3.05, 3.63) is 34.2 Å². The number of hydrogen-bond donors (Lipinski definition) is 0. The molecule has 18 heavy (non-hydrogen) atoms. The number of carbonyl (C=O) groups is 1. The van der Waals surface area contributed by atoms with E-state index in [9.17, 15) is 4.79 Å². The van der Waals surface area contributed by atoms with Crippen LogP contribution in [-0.4, -0.2) is 22.5 Å². The average Bonchev–Trinajstić information content (AvgIpc) is 2.72. The normalized spacial score (nSPS) is 10.4. The number of rotatable bonds is 3. The smallest absolute Gasteiger partial charge is 0.358 e. The molecule has 0 fully saturated rings. The maximum absolute atomic E-state index is 11.8. The van der Waals surface area contributed by atoms with E-state index < -0.39 is 5.97 Å². The van der Waals surface area contributed by atoms with Gasteiger partial charge in [0, 0.05) is 18.0 Å². The Labute approximate surface area is 114 Å². The van der Waals surface area contributed by atoms with Gasteiger partial charge in [-0.2, -0.15) is 0 Å². The van der Waals surface area contributed by atoms with Crippen molar-refractivity contribution in [3.63, 3.8) is 0 Å². The number of aromatic nitrogens is 2. The molecular weight excluding hydrogens is 272 g/mol. The Hall–Kier alpha value is -1.46. The number of carbonyl (C=O) groups excluding carboxylic acids is 1. The zero-order valence-electron chi connectivity index (χ0n) is 9.94. The van der Waals surface area contributed by atoms with Gasteiger partial charge in [-0.05, 0) is 19.9 Å². The first kappa shape index (κ1) is 13.0. The van der Waals surface area contributed by atoms with Gasteiger partial charge in [-0.15, -0.1) is 11.3 Å². The third-order valence-electron chi connectivity index (χ3n) is 2.17. The van der Waals surface area contributed by atoms with E-state index in [0.717, 1.165) is 15.4 Å². The van der Waals surface area contributed by atoms with Crippen molar-refractivity contribution in [1.82, 2.24) is 9.97 Å². The molecule has 2 rings (SSSR count). The molecule has 4 nitrogen and oxygen atoms in total. The van der Waals surface area contributed by atoms with Crippen LogP contribution in [0.3, 0.4) is 0 Å². The van der Waals surface area contributed by atoms with Crippen molar-refractivity contribution in [3.8, 4) is 10.4 Å². The van der Waals surface area contributed by atoms with Crippen molar-refractivity contribution in [1.29, 1.82) is 0 Å². The van der Waals surface area contributed by atoms with Crippen LogP contribution in [0, 0.1) is 6.92 Å². The predicted molar refractivity (Wildman–Crippen MR) is 71.0 cm³/mol. The zero-order chi connectivity index (χ0) is 13.1. The Balaban J connectivity index is 2.47. The van der Waals surface area contributed by atoms with Gasteiger partial charge < -0.3 is 4.74 Å². The number of nitrogens with zero attached hydrogens (tertiary/aromatic N) is 2. The molecule has 0 aromatic carbocycles. The van der Waals surface area contributed by atoms with Crippen LogP contribution in [0.4, 0.5) is 0 Å². The van der Waals surface area contributed by atoms with E-state index in [2.05, 4.69) is 9.97 Å². The second kappa shape index (κ2) is 5.46. The molecule has 0 aliphatic heterocycles. The third-order valence-corrected chi connectivity index (χ3v) is 3.40. The highest BCUT2D eigenvalue weighted by molar-refractivity contribution is 7.15. The molecular formula is C12H11ClN2O2S. The number of thiazole rings is 1. The average molecular weight is 283 g/mol. The van der Waals surface area contributed by atoms with Crippen LogP contribution in [0.2, 0.25) is 5.02 Å².